The van der Waals surface area contributed by atoms with Gasteiger partial charge in [0.1, 0.15) is 17.2 Å². The van der Waals surface area contributed by atoms with Crippen molar-refractivity contribution in [1.82, 2.24) is 25.2 Å². The number of benzene rings is 5. The summed E-state index contributed by atoms with van der Waals surface area (Å²) in [5.41, 5.74) is 12.8. The average Bonchev–Trinajstić information content (AvgIpc) is 4.00. The van der Waals surface area contributed by atoms with Crippen molar-refractivity contribution in [1.29, 1.82) is 0 Å². The first kappa shape index (κ1) is 50.9. The number of aliphatic hydroxyl groups is 3. The first-order valence-corrected chi connectivity index (χ1v) is 25.5. The molecule has 2 unspecified atom stereocenters. The quantitative estimate of drug-likeness (QED) is 0.0490. The fourth-order valence-electron chi connectivity index (χ4n) is 11.4. The van der Waals surface area contributed by atoms with Crippen LogP contribution in [0.25, 0.3) is 32.7 Å². The maximum atomic E-state index is 12.0. The number of hydrogen-bond acceptors (Lipinski definition) is 11. The van der Waals surface area contributed by atoms with Crippen molar-refractivity contribution < 1.29 is 30.6 Å². The summed E-state index contributed by atoms with van der Waals surface area (Å²) in [5, 5.41) is 69.7. The highest BCUT2D eigenvalue weighted by atomic mass is 16.3. The van der Waals surface area contributed by atoms with E-state index in [1.807, 2.05) is 6.07 Å². The van der Waals surface area contributed by atoms with Crippen LogP contribution in [0, 0.1) is 0 Å². The van der Waals surface area contributed by atoms with Gasteiger partial charge in [0, 0.05) is 59.5 Å². The number of fused-ring (bicyclic) bond motifs is 5. The Bertz CT molecular complexity index is 3350. The highest BCUT2D eigenvalue weighted by molar-refractivity contribution is 5.89. The molecule has 5 aromatic carbocycles. The molecule has 3 heterocycles. The Balaban J connectivity index is 0.000000196. The average molecular weight is 988 g/mol. The van der Waals surface area contributed by atoms with Crippen molar-refractivity contribution >= 4 is 32.7 Å². The van der Waals surface area contributed by atoms with Crippen LogP contribution in [0.4, 0.5) is 0 Å². The van der Waals surface area contributed by atoms with Crippen LogP contribution in [-0.4, -0.2) is 82.3 Å². The first-order valence-electron chi connectivity index (χ1n) is 25.5. The van der Waals surface area contributed by atoms with E-state index in [4.69, 9.17) is 0 Å². The second-order valence-electron chi connectivity index (χ2n) is 19.6. The van der Waals surface area contributed by atoms with Crippen molar-refractivity contribution in [3.8, 4) is 17.2 Å². The third-order valence-electron chi connectivity index (χ3n) is 15.2. The van der Waals surface area contributed by atoms with Gasteiger partial charge in [-0.2, -0.15) is 0 Å². The van der Waals surface area contributed by atoms with Crippen molar-refractivity contribution in [2.75, 3.05) is 19.7 Å². The molecule has 2 aliphatic carbocycles. The number of aliphatic hydroxyl groups excluding tert-OH is 3. The molecule has 73 heavy (non-hydrogen) atoms. The van der Waals surface area contributed by atoms with E-state index in [2.05, 4.69) is 77.1 Å². The smallest absolute Gasteiger partial charge is 0.248 e. The summed E-state index contributed by atoms with van der Waals surface area (Å²) in [6, 6.07) is 28.0. The van der Waals surface area contributed by atoms with Gasteiger partial charge in [0.2, 0.25) is 16.7 Å². The van der Waals surface area contributed by atoms with Crippen LogP contribution in [-0.2, 0) is 51.4 Å². The summed E-state index contributed by atoms with van der Waals surface area (Å²) in [7, 11) is 0. The number of nitrogens with one attached hydrogen (secondary N) is 4. The monoisotopic (exact) mass is 987 g/mol. The lowest BCUT2D eigenvalue weighted by molar-refractivity contribution is 0.0470. The predicted molar refractivity (Wildman–Crippen MR) is 286 cm³/mol. The number of rotatable bonds is 15. The molecule has 14 heteroatoms. The lowest BCUT2D eigenvalue weighted by Gasteiger charge is -2.33. The molecule has 10 rings (SSSR count). The van der Waals surface area contributed by atoms with E-state index < -0.39 is 12.2 Å². The van der Waals surface area contributed by atoms with Crippen LogP contribution in [0.3, 0.4) is 0 Å². The molecule has 14 nitrogen and oxygen atoms in total. The molecule has 2 aliphatic rings. The van der Waals surface area contributed by atoms with Crippen molar-refractivity contribution in [2.45, 2.75) is 109 Å². The summed E-state index contributed by atoms with van der Waals surface area (Å²) in [4.78, 5) is 45.7. The second-order valence-corrected chi connectivity index (χ2v) is 19.6. The van der Waals surface area contributed by atoms with Gasteiger partial charge in [-0.25, -0.2) is 0 Å². The van der Waals surface area contributed by atoms with Crippen molar-refractivity contribution in [2.24, 2.45) is 0 Å². The Morgan fingerprint density at radius 1 is 0.507 bits per heavy atom. The van der Waals surface area contributed by atoms with Crippen LogP contribution in [0.5, 0.6) is 17.2 Å². The zero-order valence-electron chi connectivity index (χ0n) is 41.8. The van der Waals surface area contributed by atoms with E-state index in [-0.39, 0.29) is 82.8 Å². The number of hydrogen-bond donors (Lipinski definition) is 10. The van der Waals surface area contributed by atoms with E-state index in [1.54, 1.807) is 36.4 Å². The molecule has 0 fully saturated rings. The summed E-state index contributed by atoms with van der Waals surface area (Å²) >= 11 is 0. The zero-order valence-corrected chi connectivity index (χ0v) is 41.8. The molecule has 0 amide bonds. The molecular weight excluding hydrogens is 923 g/mol. The maximum absolute atomic E-state index is 12.0. The van der Waals surface area contributed by atoms with Gasteiger partial charge in [-0.1, -0.05) is 70.2 Å². The largest absolute Gasteiger partial charge is 0.506 e. The van der Waals surface area contributed by atoms with Crippen LogP contribution >= 0.6 is 0 Å². The maximum Gasteiger partial charge on any atom is 0.248 e. The van der Waals surface area contributed by atoms with E-state index in [0.717, 1.165) is 62.3 Å². The minimum atomic E-state index is -0.995. The fraction of sp³-hybridized carbons (Fsp3) is 0.339. The lowest BCUT2D eigenvalue weighted by Crippen LogP contribution is -2.41. The van der Waals surface area contributed by atoms with E-state index in [1.165, 1.54) is 74.8 Å². The summed E-state index contributed by atoms with van der Waals surface area (Å²) in [5.74, 6) is -0.128. The molecule has 0 radical (unpaired) electrons. The summed E-state index contributed by atoms with van der Waals surface area (Å²) in [6.07, 6.45) is 5.42. The first-order chi connectivity index (χ1) is 35.2. The highest BCUT2D eigenvalue weighted by Gasteiger charge is 2.32. The minimum absolute atomic E-state index is 0.00233. The Kier molecular flexibility index (Phi) is 15.0. The van der Waals surface area contributed by atoms with Gasteiger partial charge in [-0.15, -0.1) is 0 Å². The standard InChI is InChI=1S/C35H37N3O6.C24H28N2O3/c1-3-19-13-21-15-23(16-22(21)14-20(19)4-2)38(17-30(41)24-5-9-28(39)34-26(24)7-11-32(43)36-34)18-31(42)25-6-10-29(40)35-27(25)8-12-33(44)37-35;1-3-14-9-16-11-18(12-17(16)10-15(14)4-2)25-21(13-27)19-5-7-22(28)24-20(19)6-8-23(29)26-24/h5-14,23,30-31,39-42H,3-4,15-18H2,1-2H3,(H,36,43)(H,37,44);5-10,18,21,25,27-28H,3-4,11-13H2,1-2H3,(H,26,29)/t30-,31?;/m0./s1. The zero-order chi connectivity index (χ0) is 51.7. The van der Waals surface area contributed by atoms with Crippen LogP contribution in [0.1, 0.15) is 107 Å². The topological polar surface area (TPSA) is 235 Å². The molecule has 8 aromatic rings. The number of H-pyrrole nitrogens is 3. The molecule has 0 saturated carbocycles. The number of aryl methyl sites for hydroxylation is 4. The highest BCUT2D eigenvalue weighted by Crippen LogP contribution is 2.36. The molecule has 0 bridgehead atoms. The van der Waals surface area contributed by atoms with Crippen LogP contribution in [0.2, 0.25) is 0 Å². The van der Waals surface area contributed by atoms with Gasteiger partial charge in [-0.05, 0) is 149 Å². The normalized spacial score (nSPS) is 14.9. The molecule has 0 saturated heterocycles. The summed E-state index contributed by atoms with van der Waals surface area (Å²) < 4.78 is 0. The number of phenolic OH excluding ortho intramolecular Hbond substituents is 3. The van der Waals surface area contributed by atoms with Gasteiger partial charge < -0.3 is 50.9 Å². The molecule has 10 N–H and O–H groups in total. The summed E-state index contributed by atoms with van der Waals surface area (Å²) in [6.45, 7) is 9.03. The van der Waals surface area contributed by atoms with Crippen molar-refractivity contribution in [3.63, 3.8) is 0 Å². The fourth-order valence-corrected chi connectivity index (χ4v) is 11.4. The number of aromatic amines is 3. The van der Waals surface area contributed by atoms with E-state index in [9.17, 15) is 45.0 Å². The number of aromatic hydroxyl groups is 3. The molecule has 0 spiro atoms. The van der Waals surface area contributed by atoms with Crippen molar-refractivity contribution in [3.05, 3.63) is 189 Å². The Morgan fingerprint density at radius 2 is 0.849 bits per heavy atom. The molecule has 0 aliphatic heterocycles. The SMILES string of the molecule is CCc1cc2c(cc1CC)CC(N(CC(O)c1ccc(O)c3[nH]c(=O)ccc13)C[C@H](O)c1ccc(O)c3[nH]c(=O)ccc13)C2.CCc1cc2c(cc1CC)CC(NC(CO)c1ccc(O)c3[nH]c(=O)ccc13)C2. The molecule has 3 aromatic heterocycles. The number of phenols is 3. The Morgan fingerprint density at radius 3 is 1.21 bits per heavy atom. The van der Waals surface area contributed by atoms with E-state index in [0.29, 0.717) is 27.4 Å². The van der Waals surface area contributed by atoms with Crippen LogP contribution < -0.4 is 22.0 Å². The third kappa shape index (κ3) is 10.4. The lowest BCUT2D eigenvalue weighted by atomic mass is 9.97. The number of aromatic nitrogens is 3. The predicted octanol–water partition coefficient (Wildman–Crippen LogP) is 7.29. The molecular formula is C59H65N5O9. The van der Waals surface area contributed by atoms with Gasteiger partial charge >= 0.3 is 0 Å². The number of nitrogens with zero attached hydrogens (tertiary/aromatic N) is 1. The Hall–Kier alpha value is -7.07. The van der Waals surface area contributed by atoms with Gasteiger partial charge in [-0.3, -0.25) is 19.3 Å². The van der Waals surface area contributed by atoms with Gasteiger partial charge in [0.05, 0.1) is 41.4 Å². The third-order valence-corrected chi connectivity index (χ3v) is 15.2. The van der Waals surface area contributed by atoms with Gasteiger partial charge in [0.25, 0.3) is 0 Å². The molecule has 3 atom stereocenters. The molecule has 380 valence electrons. The van der Waals surface area contributed by atoms with Crippen LogP contribution in [0.15, 0.2) is 111 Å². The minimum Gasteiger partial charge on any atom is -0.506 e. The Labute approximate surface area is 422 Å². The number of pyridine rings is 3. The second kappa shape index (κ2) is 21.6. The van der Waals surface area contributed by atoms with Gasteiger partial charge in [0.15, 0.2) is 0 Å². The van der Waals surface area contributed by atoms with E-state index >= 15 is 0 Å².